The molecule has 0 radical (unpaired) electrons. The normalized spacial score (nSPS) is 17.2. The molecule has 0 spiro atoms. The number of aromatic nitrogens is 2. The van der Waals surface area contributed by atoms with E-state index in [4.69, 9.17) is 0 Å². The molecule has 2 aromatic rings. The molecule has 2 aliphatic rings. The number of benzene rings is 1. The Bertz CT molecular complexity index is 870. The lowest BCUT2D eigenvalue weighted by Gasteiger charge is -2.32. The Labute approximate surface area is 171 Å². The van der Waals surface area contributed by atoms with E-state index in [1.165, 1.54) is 16.0 Å². The Balaban J connectivity index is 1.39. The minimum Gasteiger partial charge on any atom is -0.351 e. The van der Waals surface area contributed by atoms with Crippen molar-refractivity contribution in [3.05, 3.63) is 35.0 Å². The summed E-state index contributed by atoms with van der Waals surface area (Å²) in [7, 11) is 4.11. The fraction of sp³-hybridized carbons (Fsp3) is 0.524. The number of carbonyl (C=O) groups excluding carboxylic acids is 1. The number of thioether (sulfide) groups is 1. The minimum atomic E-state index is -0.0491. The monoisotopic (exact) mass is 399 g/mol. The molecule has 3 heterocycles. The van der Waals surface area contributed by atoms with Crippen LogP contribution < -0.4 is 5.32 Å². The molecular formula is C21H29N5OS. The van der Waals surface area contributed by atoms with E-state index in [0.717, 1.165) is 56.2 Å². The molecule has 0 saturated carbocycles. The van der Waals surface area contributed by atoms with Gasteiger partial charge in [-0.25, -0.2) is 0 Å². The largest absolute Gasteiger partial charge is 0.351 e. The van der Waals surface area contributed by atoms with Crippen LogP contribution in [-0.4, -0.2) is 71.8 Å². The molecule has 1 saturated heterocycles. The molecule has 2 aliphatic heterocycles. The van der Waals surface area contributed by atoms with E-state index in [-0.39, 0.29) is 5.91 Å². The number of nitrogens with one attached hydrogen (secondary N) is 1. The topological polar surface area (TPSA) is 53.4 Å². The molecule has 1 amide bonds. The van der Waals surface area contributed by atoms with Crippen molar-refractivity contribution in [2.45, 2.75) is 24.0 Å². The zero-order valence-electron chi connectivity index (χ0n) is 17.0. The predicted molar refractivity (Wildman–Crippen MR) is 114 cm³/mol. The predicted octanol–water partition coefficient (Wildman–Crippen LogP) is 2.37. The minimum absolute atomic E-state index is 0.0491. The number of carbonyl (C=O) groups is 1. The zero-order chi connectivity index (χ0) is 19.7. The zero-order valence-corrected chi connectivity index (χ0v) is 17.8. The maximum absolute atomic E-state index is 12.8. The summed E-state index contributed by atoms with van der Waals surface area (Å²) in [6.07, 6.45) is 0.973. The molecule has 1 fully saturated rings. The van der Waals surface area contributed by atoms with Crippen LogP contribution in [0.4, 0.5) is 0 Å². The van der Waals surface area contributed by atoms with Gasteiger partial charge in [0.2, 0.25) is 0 Å². The Morgan fingerprint density at radius 2 is 2.00 bits per heavy atom. The molecule has 6 nitrogen and oxygen atoms in total. The van der Waals surface area contributed by atoms with E-state index < -0.39 is 0 Å². The van der Waals surface area contributed by atoms with Crippen LogP contribution in [0.2, 0.25) is 0 Å². The fourth-order valence-corrected chi connectivity index (χ4v) is 5.04. The molecule has 0 bridgehead atoms. The van der Waals surface area contributed by atoms with E-state index in [2.05, 4.69) is 52.4 Å². The maximum atomic E-state index is 12.8. The summed E-state index contributed by atoms with van der Waals surface area (Å²) in [4.78, 5) is 18.9. The molecule has 150 valence electrons. The van der Waals surface area contributed by atoms with Crippen LogP contribution in [0, 0.1) is 6.92 Å². The van der Waals surface area contributed by atoms with Crippen molar-refractivity contribution in [1.82, 2.24) is 24.9 Å². The van der Waals surface area contributed by atoms with Gasteiger partial charge in [-0.3, -0.25) is 9.48 Å². The number of aryl methyl sites for hydroxylation is 2. The molecule has 1 N–H and O–H groups in total. The molecule has 0 atom stereocenters. The lowest BCUT2D eigenvalue weighted by molar-refractivity contribution is 0.0943. The summed E-state index contributed by atoms with van der Waals surface area (Å²) >= 11 is 1.79. The fourth-order valence-electron chi connectivity index (χ4n) is 3.99. The van der Waals surface area contributed by atoms with Crippen molar-refractivity contribution >= 4 is 17.7 Å². The van der Waals surface area contributed by atoms with Gasteiger partial charge in [0.15, 0.2) is 5.69 Å². The van der Waals surface area contributed by atoms with Crippen LogP contribution in [0.15, 0.2) is 23.1 Å². The number of nitrogens with zero attached hydrogens (tertiary/aromatic N) is 4. The number of piperazine rings is 1. The van der Waals surface area contributed by atoms with Gasteiger partial charge in [-0.05, 0) is 39.1 Å². The second-order valence-corrected chi connectivity index (χ2v) is 8.86. The van der Waals surface area contributed by atoms with E-state index in [9.17, 15) is 4.79 Å². The molecule has 7 heteroatoms. The lowest BCUT2D eigenvalue weighted by atomic mass is 10.0. The highest BCUT2D eigenvalue weighted by Gasteiger charge is 2.27. The standard InChI is InChI=1S/C21H29N5OS/c1-15-5-6-18-16(13-15)20-17(14-28-18)19(23-25(20)3)21(27)22-7-4-8-26-11-9-24(2)10-12-26/h5-6,13H,4,7-12,14H2,1-3H3,(H,22,27). The number of hydrogen-bond acceptors (Lipinski definition) is 5. The van der Waals surface area contributed by atoms with Crippen LogP contribution in [0.3, 0.4) is 0 Å². The summed E-state index contributed by atoms with van der Waals surface area (Å²) in [6, 6.07) is 6.50. The first-order chi connectivity index (χ1) is 13.5. The van der Waals surface area contributed by atoms with Gasteiger partial charge in [-0.15, -0.1) is 11.8 Å². The smallest absolute Gasteiger partial charge is 0.272 e. The molecule has 1 aromatic carbocycles. The number of amides is 1. The van der Waals surface area contributed by atoms with Crippen LogP contribution in [0.25, 0.3) is 11.3 Å². The lowest BCUT2D eigenvalue weighted by Crippen LogP contribution is -2.45. The number of likely N-dealkylation sites (N-methyl/N-ethyl adjacent to an activating group) is 1. The summed E-state index contributed by atoms with van der Waals surface area (Å²) < 4.78 is 1.87. The van der Waals surface area contributed by atoms with Gasteiger partial charge in [0.05, 0.1) is 5.69 Å². The Hall–Kier alpha value is -1.83. The second-order valence-electron chi connectivity index (χ2n) is 7.84. The van der Waals surface area contributed by atoms with Crippen molar-refractivity contribution in [1.29, 1.82) is 0 Å². The highest BCUT2D eigenvalue weighted by atomic mass is 32.2. The van der Waals surface area contributed by atoms with Crippen molar-refractivity contribution in [3.8, 4) is 11.3 Å². The first-order valence-corrected chi connectivity index (χ1v) is 11.0. The molecule has 0 unspecified atom stereocenters. The van der Waals surface area contributed by atoms with Crippen molar-refractivity contribution in [2.75, 3.05) is 46.3 Å². The third-order valence-corrected chi connectivity index (χ3v) is 6.76. The summed E-state index contributed by atoms with van der Waals surface area (Å²) in [6.45, 7) is 8.33. The third kappa shape index (κ3) is 3.97. The maximum Gasteiger partial charge on any atom is 0.272 e. The Morgan fingerprint density at radius 1 is 1.21 bits per heavy atom. The SMILES string of the molecule is Cc1ccc2c(c1)-c1c(c(C(=O)NCCCN3CCN(C)CC3)nn1C)CS2. The van der Waals surface area contributed by atoms with Crippen molar-refractivity contribution in [2.24, 2.45) is 7.05 Å². The summed E-state index contributed by atoms with van der Waals surface area (Å²) in [5.41, 5.74) is 5.14. The highest BCUT2D eigenvalue weighted by molar-refractivity contribution is 7.98. The Morgan fingerprint density at radius 3 is 2.79 bits per heavy atom. The first kappa shape index (κ1) is 19.5. The third-order valence-electron chi connectivity index (χ3n) is 5.66. The van der Waals surface area contributed by atoms with Crippen molar-refractivity contribution in [3.63, 3.8) is 0 Å². The summed E-state index contributed by atoms with van der Waals surface area (Å²) in [5, 5.41) is 7.66. The molecular weight excluding hydrogens is 370 g/mol. The second kappa shape index (κ2) is 8.27. The van der Waals surface area contributed by atoms with Gasteiger partial charge in [-0.2, -0.15) is 5.10 Å². The van der Waals surface area contributed by atoms with Gasteiger partial charge in [-0.1, -0.05) is 11.6 Å². The number of hydrogen-bond donors (Lipinski definition) is 1. The van der Waals surface area contributed by atoms with E-state index in [1.807, 2.05) is 11.7 Å². The average molecular weight is 400 g/mol. The molecule has 4 rings (SSSR count). The number of rotatable bonds is 5. The number of fused-ring (bicyclic) bond motifs is 3. The quantitative estimate of drug-likeness (QED) is 0.783. The van der Waals surface area contributed by atoms with E-state index in [1.54, 1.807) is 11.8 Å². The van der Waals surface area contributed by atoms with Gasteiger partial charge >= 0.3 is 0 Å². The van der Waals surface area contributed by atoms with Crippen LogP contribution in [0.5, 0.6) is 0 Å². The average Bonchev–Trinajstić information content (AvgIpc) is 3.03. The molecule has 1 aromatic heterocycles. The van der Waals surface area contributed by atoms with Gasteiger partial charge in [0.25, 0.3) is 5.91 Å². The van der Waals surface area contributed by atoms with Crippen molar-refractivity contribution < 1.29 is 4.79 Å². The first-order valence-electron chi connectivity index (χ1n) is 10.0. The van der Waals surface area contributed by atoms with Crippen LogP contribution in [0.1, 0.15) is 28.0 Å². The van der Waals surface area contributed by atoms with Crippen LogP contribution in [-0.2, 0) is 12.8 Å². The van der Waals surface area contributed by atoms with Crippen LogP contribution >= 0.6 is 11.8 Å². The summed E-state index contributed by atoms with van der Waals surface area (Å²) in [5.74, 6) is 0.746. The van der Waals surface area contributed by atoms with E-state index >= 15 is 0 Å². The molecule has 28 heavy (non-hydrogen) atoms. The van der Waals surface area contributed by atoms with E-state index in [0.29, 0.717) is 12.2 Å². The van der Waals surface area contributed by atoms with Gasteiger partial charge in [0, 0.05) is 61.5 Å². The van der Waals surface area contributed by atoms with Gasteiger partial charge in [0.1, 0.15) is 0 Å². The Kier molecular flexibility index (Phi) is 5.75. The van der Waals surface area contributed by atoms with Gasteiger partial charge < -0.3 is 15.1 Å². The molecule has 0 aliphatic carbocycles. The highest BCUT2D eigenvalue weighted by Crippen LogP contribution is 2.42.